The number of nitrogens with zero attached hydrogens (tertiary/aromatic N) is 2. The second-order valence-electron chi connectivity index (χ2n) is 5.20. The van der Waals surface area contributed by atoms with Gasteiger partial charge in [0.2, 0.25) is 0 Å². The van der Waals surface area contributed by atoms with Crippen LogP contribution in [0.1, 0.15) is 51.9 Å². The van der Waals surface area contributed by atoms with Crippen molar-refractivity contribution in [2.75, 3.05) is 0 Å². The van der Waals surface area contributed by atoms with Crippen LogP contribution in [0.3, 0.4) is 0 Å². The van der Waals surface area contributed by atoms with E-state index in [1.165, 1.54) is 5.69 Å². The van der Waals surface area contributed by atoms with Crippen LogP contribution in [0.5, 0.6) is 0 Å². The summed E-state index contributed by atoms with van der Waals surface area (Å²) in [6, 6.07) is 0. The van der Waals surface area contributed by atoms with Crippen LogP contribution in [0.4, 0.5) is 0 Å². The Kier molecular flexibility index (Phi) is 6.36. The lowest BCUT2D eigenvalue weighted by Crippen LogP contribution is -2.13. The Bertz CT molecular complexity index is 374. The molecule has 0 aromatic carbocycles. The standard InChI is InChI=1S/C14H25BrN2O/c1-5-12-14(15)13(17(6-2)16-12)8-7-11(18)9-10(3)4/h10-11,18H,5-9H2,1-4H3. The van der Waals surface area contributed by atoms with Crippen LogP contribution in [0.25, 0.3) is 0 Å². The molecule has 1 rings (SSSR count). The molecule has 4 heteroatoms. The highest BCUT2D eigenvalue weighted by Crippen LogP contribution is 2.24. The van der Waals surface area contributed by atoms with Crippen LogP contribution >= 0.6 is 15.9 Å². The second kappa shape index (κ2) is 7.29. The zero-order valence-electron chi connectivity index (χ0n) is 11.9. The number of hydrogen-bond acceptors (Lipinski definition) is 2. The van der Waals surface area contributed by atoms with Gasteiger partial charge in [-0.15, -0.1) is 0 Å². The molecule has 0 saturated carbocycles. The maximum Gasteiger partial charge on any atom is 0.0766 e. The monoisotopic (exact) mass is 316 g/mol. The van der Waals surface area contributed by atoms with Gasteiger partial charge in [0.25, 0.3) is 0 Å². The molecule has 1 heterocycles. The number of aromatic nitrogens is 2. The third kappa shape index (κ3) is 4.09. The molecule has 1 unspecified atom stereocenters. The van der Waals surface area contributed by atoms with Crippen molar-refractivity contribution in [3.63, 3.8) is 0 Å². The van der Waals surface area contributed by atoms with Crippen LogP contribution in [0.15, 0.2) is 4.47 Å². The average molecular weight is 317 g/mol. The molecule has 0 spiro atoms. The average Bonchev–Trinajstić information content (AvgIpc) is 2.62. The minimum atomic E-state index is -0.206. The molecule has 0 amide bonds. The maximum absolute atomic E-state index is 9.95. The minimum Gasteiger partial charge on any atom is -0.393 e. The molecule has 1 N–H and O–H groups in total. The van der Waals surface area contributed by atoms with E-state index < -0.39 is 0 Å². The lowest BCUT2D eigenvalue weighted by molar-refractivity contribution is 0.139. The molecule has 1 aromatic rings. The molecule has 0 fully saturated rings. The molecule has 1 aromatic heterocycles. The first-order valence-corrected chi connectivity index (χ1v) is 7.70. The van der Waals surface area contributed by atoms with E-state index in [9.17, 15) is 5.11 Å². The second-order valence-corrected chi connectivity index (χ2v) is 5.99. The topological polar surface area (TPSA) is 38.0 Å². The Morgan fingerprint density at radius 3 is 2.50 bits per heavy atom. The van der Waals surface area contributed by atoms with Gasteiger partial charge in [-0.2, -0.15) is 5.10 Å². The largest absolute Gasteiger partial charge is 0.393 e. The highest BCUT2D eigenvalue weighted by Gasteiger charge is 2.15. The van der Waals surface area contributed by atoms with Crippen molar-refractivity contribution in [3.8, 4) is 0 Å². The van der Waals surface area contributed by atoms with Gasteiger partial charge in [-0.05, 0) is 54.5 Å². The Morgan fingerprint density at radius 1 is 1.33 bits per heavy atom. The predicted octanol–water partition coefficient (Wildman–Crippen LogP) is 3.57. The van der Waals surface area contributed by atoms with Gasteiger partial charge in [0.05, 0.1) is 22.0 Å². The molecule has 0 aliphatic carbocycles. The third-order valence-electron chi connectivity index (χ3n) is 3.15. The van der Waals surface area contributed by atoms with E-state index in [4.69, 9.17) is 0 Å². The molecular formula is C14H25BrN2O. The van der Waals surface area contributed by atoms with E-state index >= 15 is 0 Å². The van der Waals surface area contributed by atoms with Gasteiger partial charge in [0.15, 0.2) is 0 Å². The van der Waals surface area contributed by atoms with Gasteiger partial charge in [0, 0.05) is 6.54 Å². The number of aryl methyl sites for hydroxylation is 2. The third-order valence-corrected chi connectivity index (χ3v) is 4.07. The van der Waals surface area contributed by atoms with Crippen molar-refractivity contribution < 1.29 is 5.11 Å². The van der Waals surface area contributed by atoms with Crippen LogP contribution in [0, 0.1) is 5.92 Å². The first-order valence-electron chi connectivity index (χ1n) is 6.91. The quantitative estimate of drug-likeness (QED) is 0.835. The Hall–Kier alpha value is -0.350. The summed E-state index contributed by atoms with van der Waals surface area (Å²) < 4.78 is 3.17. The summed E-state index contributed by atoms with van der Waals surface area (Å²) in [7, 11) is 0. The fourth-order valence-corrected chi connectivity index (χ4v) is 2.98. The first kappa shape index (κ1) is 15.7. The lowest BCUT2D eigenvalue weighted by Gasteiger charge is -2.13. The van der Waals surface area contributed by atoms with Crippen LogP contribution in [-0.2, 0) is 19.4 Å². The van der Waals surface area contributed by atoms with E-state index in [0.29, 0.717) is 5.92 Å². The zero-order chi connectivity index (χ0) is 13.7. The molecular weight excluding hydrogens is 292 g/mol. The van der Waals surface area contributed by atoms with E-state index in [0.717, 1.165) is 42.4 Å². The van der Waals surface area contributed by atoms with Crippen LogP contribution in [-0.4, -0.2) is 21.0 Å². The summed E-state index contributed by atoms with van der Waals surface area (Å²) in [5.41, 5.74) is 2.34. The number of rotatable bonds is 7. The van der Waals surface area contributed by atoms with Crippen molar-refractivity contribution >= 4 is 15.9 Å². The normalized spacial score (nSPS) is 13.3. The SMILES string of the molecule is CCc1nn(CC)c(CCC(O)CC(C)C)c1Br. The summed E-state index contributed by atoms with van der Waals surface area (Å²) in [6.07, 6.45) is 3.30. The van der Waals surface area contributed by atoms with E-state index in [-0.39, 0.29) is 6.10 Å². The van der Waals surface area contributed by atoms with Crippen LogP contribution < -0.4 is 0 Å². The Morgan fingerprint density at radius 2 is 2.00 bits per heavy atom. The molecule has 0 aliphatic heterocycles. The van der Waals surface area contributed by atoms with Gasteiger partial charge < -0.3 is 5.11 Å². The molecule has 104 valence electrons. The number of aliphatic hydroxyl groups is 1. The van der Waals surface area contributed by atoms with Crippen molar-refractivity contribution in [1.29, 1.82) is 0 Å². The van der Waals surface area contributed by atoms with E-state index in [2.05, 4.69) is 48.7 Å². The Labute approximate surface area is 119 Å². The maximum atomic E-state index is 9.95. The fraction of sp³-hybridized carbons (Fsp3) is 0.786. The van der Waals surface area contributed by atoms with Crippen molar-refractivity contribution in [1.82, 2.24) is 9.78 Å². The summed E-state index contributed by atoms with van der Waals surface area (Å²) in [5, 5.41) is 14.5. The van der Waals surface area contributed by atoms with E-state index in [1.807, 2.05) is 4.68 Å². The summed E-state index contributed by atoms with van der Waals surface area (Å²) in [6.45, 7) is 9.39. The zero-order valence-corrected chi connectivity index (χ0v) is 13.5. The number of hydrogen-bond donors (Lipinski definition) is 1. The first-order chi connectivity index (χ1) is 8.49. The van der Waals surface area contributed by atoms with Crippen LogP contribution in [0.2, 0.25) is 0 Å². The van der Waals surface area contributed by atoms with Gasteiger partial charge in [0.1, 0.15) is 0 Å². The fourth-order valence-electron chi connectivity index (χ4n) is 2.22. The predicted molar refractivity (Wildman–Crippen MR) is 78.8 cm³/mol. The highest BCUT2D eigenvalue weighted by atomic mass is 79.9. The van der Waals surface area contributed by atoms with Gasteiger partial charge in [-0.1, -0.05) is 20.8 Å². The molecule has 0 saturated heterocycles. The van der Waals surface area contributed by atoms with Gasteiger partial charge >= 0.3 is 0 Å². The molecule has 0 aliphatic rings. The summed E-state index contributed by atoms with van der Waals surface area (Å²) >= 11 is 3.64. The Balaban J connectivity index is 2.69. The molecule has 0 bridgehead atoms. The summed E-state index contributed by atoms with van der Waals surface area (Å²) in [5.74, 6) is 0.547. The number of aliphatic hydroxyl groups excluding tert-OH is 1. The molecule has 18 heavy (non-hydrogen) atoms. The van der Waals surface area contributed by atoms with Crippen molar-refractivity contribution in [3.05, 3.63) is 15.9 Å². The van der Waals surface area contributed by atoms with Gasteiger partial charge in [-0.25, -0.2) is 0 Å². The number of halogens is 1. The van der Waals surface area contributed by atoms with Crippen molar-refractivity contribution in [2.24, 2.45) is 5.92 Å². The van der Waals surface area contributed by atoms with Crippen molar-refractivity contribution in [2.45, 2.75) is 66.0 Å². The molecule has 0 radical (unpaired) electrons. The van der Waals surface area contributed by atoms with E-state index in [1.54, 1.807) is 0 Å². The smallest absolute Gasteiger partial charge is 0.0766 e. The van der Waals surface area contributed by atoms with Gasteiger partial charge in [-0.3, -0.25) is 4.68 Å². The molecule has 1 atom stereocenters. The lowest BCUT2D eigenvalue weighted by atomic mass is 10.0. The highest BCUT2D eigenvalue weighted by molar-refractivity contribution is 9.10. The summed E-state index contributed by atoms with van der Waals surface area (Å²) in [4.78, 5) is 0. The molecule has 3 nitrogen and oxygen atoms in total. The minimum absolute atomic E-state index is 0.206.